The van der Waals surface area contributed by atoms with Gasteiger partial charge in [0.2, 0.25) is 0 Å². The molecule has 0 saturated carbocycles. The summed E-state index contributed by atoms with van der Waals surface area (Å²) in [7, 11) is 0. The molecular weight excluding hydrogens is 194 g/mol. The lowest BCUT2D eigenvalue weighted by atomic mass is 10.1. The minimum absolute atomic E-state index is 0.0516. The lowest BCUT2D eigenvalue weighted by Crippen LogP contribution is -2.27. The molecule has 0 radical (unpaired) electrons. The van der Waals surface area contributed by atoms with Gasteiger partial charge in [0, 0.05) is 11.1 Å². The molecule has 1 aromatic carbocycles. The first-order valence-corrected chi connectivity index (χ1v) is 5.10. The van der Waals surface area contributed by atoms with Gasteiger partial charge in [-0.1, -0.05) is 24.3 Å². The van der Waals surface area contributed by atoms with Crippen LogP contribution >= 0.6 is 0 Å². The second-order valence-electron chi connectivity index (χ2n) is 3.73. The summed E-state index contributed by atoms with van der Waals surface area (Å²) < 4.78 is 11.3. The molecule has 0 aliphatic carbocycles. The van der Waals surface area contributed by atoms with Crippen molar-refractivity contribution in [3.8, 4) is 0 Å². The predicted molar refractivity (Wildman–Crippen MR) is 52.8 cm³/mol. The Morgan fingerprint density at radius 3 is 2.13 bits per heavy atom. The highest BCUT2D eigenvalue weighted by Crippen LogP contribution is 2.43. The number of aliphatic hydroxyl groups excluding tert-OH is 1. The van der Waals surface area contributed by atoms with E-state index in [0.29, 0.717) is 13.2 Å². The van der Waals surface area contributed by atoms with E-state index in [1.807, 2.05) is 29.2 Å². The lowest BCUT2D eigenvalue weighted by molar-refractivity contribution is -0.122. The van der Waals surface area contributed by atoms with Gasteiger partial charge in [-0.05, 0) is 0 Å². The molecule has 3 rings (SSSR count). The van der Waals surface area contributed by atoms with Gasteiger partial charge in [0.1, 0.15) is 19.2 Å². The Bertz CT molecular complexity index is 336. The fourth-order valence-electron chi connectivity index (χ4n) is 2.28. The molecular formula is C11H13NO3. The van der Waals surface area contributed by atoms with E-state index in [0.717, 1.165) is 11.1 Å². The Hall–Kier alpha value is -0.940. The van der Waals surface area contributed by atoms with Crippen LogP contribution in [0.5, 0.6) is 0 Å². The second-order valence-corrected chi connectivity index (χ2v) is 3.73. The van der Waals surface area contributed by atoms with Gasteiger partial charge in [-0.15, -0.1) is 0 Å². The molecule has 4 nitrogen and oxygen atoms in total. The third-order valence-corrected chi connectivity index (χ3v) is 2.93. The van der Waals surface area contributed by atoms with Crippen molar-refractivity contribution >= 4 is 0 Å². The van der Waals surface area contributed by atoms with Gasteiger partial charge >= 0.3 is 0 Å². The first-order valence-electron chi connectivity index (χ1n) is 5.10. The molecule has 1 fully saturated rings. The summed E-state index contributed by atoms with van der Waals surface area (Å²) in [5, 5.41) is 9.33. The topological polar surface area (TPSA) is 41.9 Å². The van der Waals surface area contributed by atoms with Crippen molar-refractivity contribution in [1.82, 2.24) is 4.90 Å². The van der Waals surface area contributed by atoms with E-state index in [1.165, 1.54) is 0 Å². The Labute approximate surface area is 88.0 Å². The number of rotatable bonds is 1. The molecule has 0 aromatic heterocycles. The maximum Gasteiger partial charge on any atom is 0.141 e. The summed E-state index contributed by atoms with van der Waals surface area (Å²) in [5.74, 6) is 0. The van der Waals surface area contributed by atoms with Crippen LogP contribution in [0.25, 0.3) is 0 Å². The first-order chi connectivity index (χ1) is 7.42. The molecule has 2 unspecified atom stereocenters. The zero-order valence-electron chi connectivity index (χ0n) is 8.30. The fourth-order valence-corrected chi connectivity index (χ4v) is 2.28. The molecule has 2 aliphatic heterocycles. The van der Waals surface area contributed by atoms with Crippen molar-refractivity contribution in [2.24, 2.45) is 0 Å². The molecule has 2 heterocycles. The average Bonchev–Trinajstić information content (AvgIpc) is 2.44. The molecule has 0 amide bonds. The van der Waals surface area contributed by atoms with Gasteiger partial charge in [-0.2, -0.15) is 0 Å². The molecule has 4 heteroatoms. The van der Waals surface area contributed by atoms with E-state index < -0.39 is 0 Å². The average molecular weight is 207 g/mol. The quantitative estimate of drug-likeness (QED) is 0.745. The van der Waals surface area contributed by atoms with Crippen LogP contribution in [0.15, 0.2) is 24.3 Å². The fraction of sp³-hybridized carbons (Fsp3) is 0.455. The predicted octanol–water partition coefficient (Wildman–Crippen LogP) is 0.996. The number of hydrogen-bond donors (Lipinski definition) is 1. The minimum atomic E-state index is -0.154. The zero-order valence-corrected chi connectivity index (χ0v) is 8.30. The van der Waals surface area contributed by atoms with Gasteiger partial charge in [-0.3, -0.25) is 0 Å². The van der Waals surface area contributed by atoms with Crippen molar-refractivity contribution in [2.75, 3.05) is 19.9 Å². The maximum atomic E-state index is 9.33. The molecule has 1 aromatic rings. The first kappa shape index (κ1) is 9.30. The van der Waals surface area contributed by atoms with E-state index in [2.05, 4.69) is 0 Å². The Morgan fingerprint density at radius 2 is 1.67 bits per heavy atom. The number of nitrogens with zero attached hydrogens (tertiary/aromatic N) is 1. The van der Waals surface area contributed by atoms with Crippen molar-refractivity contribution in [3.05, 3.63) is 35.4 Å². The Balaban J connectivity index is 2.09. The zero-order chi connectivity index (χ0) is 10.3. The Morgan fingerprint density at radius 1 is 1.13 bits per heavy atom. The number of hydrogen-bond acceptors (Lipinski definition) is 4. The summed E-state index contributed by atoms with van der Waals surface area (Å²) >= 11 is 0. The third kappa shape index (κ3) is 1.30. The van der Waals surface area contributed by atoms with Crippen LogP contribution in [0.4, 0.5) is 0 Å². The summed E-state index contributed by atoms with van der Waals surface area (Å²) in [5.41, 5.74) is 2.22. The molecule has 2 atom stereocenters. The molecule has 1 saturated heterocycles. The van der Waals surface area contributed by atoms with Crippen LogP contribution in [0, 0.1) is 0 Å². The number of benzene rings is 1. The highest BCUT2D eigenvalue weighted by Gasteiger charge is 2.40. The number of aliphatic hydroxyl groups is 1. The highest BCUT2D eigenvalue weighted by molar-refractivity contribution is 5.35. The molecule has 15 heavy (non-hydrogen) atoms. The van der Waals surface area contributed by atoms with Gasteiger partial charge in [0.15, 0.2) is 0 Å². The monoisotopic (exact) mass is 207 g/mol. The van der Waals surface area contributed by atoms with Crippen LogP contribution in [0.1, 0.15) is 23.6 Å². The van der Waals surface area contributed by atoms with Crippen molar-refractivity contribution in [1.29, 1.82) is 0 Å². The normalized spacial score (nSPS) is 29.9. The standard InChI is InChI=1S/C11H13NO3/c13-7-12-10-8-3-1-2-4-9(8)11(12)15-6-5-14-10/h1-4,10-11,13H,5-7H2. The van der Waals surface area contributed by atoms with Crippen molar-refractivity contribution < 1.29 is 14.6 Å². The Kier molecular flexibility index (Phi) is 2.21. The molecule has 2 aliphatic rings. The van der Waals surface area contributed by atoms with Crippen molar-refractivity contribution in [2.45, 2.75) is 12.5 Å². The third-order valence-electron chi connectivity index (χ3n) is 2.93. The minimum Gasteiger partial charge on any atom is -0.381 e. The van der Waals surface area contributed by atoms with E-state index in [1.54, 1.807) is 0 Å². The summed E-state index contributed by atoms with van der Waals surface area (Å²) in [6.45, 7) is 1.10. The highest BCUT2D eigenvalue weighted by atomic mass is 16.6. The van der Waals surface area contributed by atoms with Gasteiger partial charge in [0.25, 0.3) is 0 Å². The van der Waals surface area contributed by atoms with E-state index in [-0.39, 0.29) is 19.2 Å². The number of fused-ring (bicyclic) bond motifs is 5. The second kappa shape index (κ2) is 3.57. The largest absolute Gasteiger partial charge is 0.381 e. The van der Waals surface area contributed by atoms with Gasteiger partial charge in [0.05, 0.1) is 13.2 Å². The smallest absolute Gasteiger partial charge is 0.141 e. The summed E-state index contributed by atoms with van der Waals surface area (Å²) in [6, 6.07) is 8.01. The molecule has 0 spiro atoms. The van der Waals surface area contributed by atoms with Gasteiger partial charge < -0.3 is 14.6 Å². The maximum absolute atomic E-state index is 9.33. The SMILES string of the molecule is OCN1C2OCCOC1c1ccccc12. The van der Waals surface area contributed by atoms with E-state index in [4.69, 9.17) is 9.47 Å². The van der Waals surface area contributed by atoms with Crippen LogP contribution in [-0.2, 0) is 9.47 Å². The number of ether oxygens (including phenoxy) is 2. The summed E-state index contributed by atoms with van der Waals surface area (Å²) in [4.78, 5) is 1.82. The van der Waals surface area contributed by atoms with Crippen LogP contribution in [0.3, 0.4) is 0 Å². The van der Waals surface area contributed by atoms with E-state index in [9.17, 15) is 5.11 Å². The van der Waals surface area contributed by atoms with Crippen molar-refractivity contribution in [3.63, 3.8) is 0 Å². The van der Waals surface area contributed by atoms with E-state index >= 15 is 0 Å². The van der Waals surface area contributed by atoms with Crippen LogP contribution in [-0.4, -0.2) is 30.0 Å². The lowest BCUT2D eigenvalue weighted by Gasteiger charge is -2.23. The van der Waals surface area contributed by atoms with Crippen LogP contribution in [0.2, 0.25) is 0 Å². The molecule has 2 bridgehead atoms. The molecule has 80 valence electrons. The molecule has 1 N–H and O–H groups in total. The van der Waals surface area contributed by atoms with Gasteiger partial charge in [-0.25, -0.2) is 4.90 Å². The summed E-state index contributed by atoms with van der Waals surface area (Å²) in [6.07, 6.45) is -0.308. The van der Waals surface area contributed by atoms with Crippen LogP contribution < -0.4 is 0 Å².